The topological polar surface area (TPSA) is 33.2 Å². The van der Waals surface area contributed by atoms with E-state index in [0.717, 1.165) is 34.5 Å². The quantitative estimate of drug-likeness (QED) is 0.739. The van der Waals surface area contributed by atoms with Gasteiger partial charge in [0.2, 0.25) is 0 Å². The zero-order chi connectivity index (χ0) is 11.7. The Bertz CT molecular complexity index is 382. The van der Waals surface area contributed by atoms with Gasteiger partial charge < -0.3 is 4.90 Å². The van der Waals surface area contributed by atoms with E-state index in [0.29, 0.717) is 5.92 Å². The minimum absolute atomic E-state index is 0.319. The average Bonchev–Trinajstić information content (AvgIpc) is 2.94. The SMILES string of the molecule is CC(C)c1nc(N(C)CC2CC2)sc1C=O. The van der Waals surface area contributed by atoms with Crippen LogP contribution in [0.25, 0.3) is 0 Å². The van der Waals surface area contributed by atoms with Crippen LogP contribution in [-0.2, 0) is 0 Å². The lowest BCUT2D eigenvalue weighted by molar-refractivity contribution is 0.112. The highest BCUT2D eigenvalue weighted by Gasteiger charge is 2.24. The van der Waals surface area contributed by atoms with Crippen molar-refractivity contribution in [2.75, 3.05) is 18.5 Å². The summed E-state index contributed by atoms with van der Waals surface area (Å²) < 4.78 is 0. The van der Waals surface area contributed by atoms with E-state index in [9.17, 15) is 4.79 Å². The first kappa shape index (κ1) is 11.6. The predicted molar refractivity (Wildman–Crippen MR) is 67.6 cm³/mol. The molecule has 16 heavy (non-hydrogen) atoms. The first-order valence-electron chi connectivity index (χ1n) is 5.79. The van der Waals surface area contributed by atoms with Crippen LogP contribution < -0.4 is 4.90 Å². The van der Waals surface area contributed by atoms with Gasteiger partial charge in [0.1, 0.15) is 0 Å². The predicted octanol–water partition coefficient (Wildman–Crippen LogP) is 2.93. The Balaban J connectivity index is 2.16. The van der Waals surface area contributed by atoms with E-state index >= 15 is 0 Å². The number of aromatic nitrogens is 1. The number of hydrogen-bond donors (Lipinski definition) is 0. The van der Waals surface area contributed by atoms with Gasteiger partial charge in [-0.05, 0) is 24.7 Å². The number of anilines is 1. The monoisotopic (exact) mass is 238 g/mol. The standard InChI is InChI=1S/C12H18N2OS/c1-8(2)11-10(7-15)16-12(13-11)14(3)6-9-4-5-9/h7-9H,4-6H2,1-3H3. The molecule has 3 nitrogen and oxygen atoms in total. The van der Waals surface area contributed by atoms with E-state index in [4.69, 9.17) is 0 Å². The van der Waals surface area contributed by atoms with Crippen LogP contribution in [0.5, 0.6) is 0 Å². The summed E-state index contributed by atoms with van der Waals surface area (Å²) in [7, 11) is 2.07. The fourth-order valence-corrected chi connectivity index (χ4v) is 2.76. The Morgan fingerprint density at radius 3 is 2.69 bits per heavy atom. The van der Waals surface area contributed by atoms with E-state index in [2.05, 4.69) is 30.8 Å². The van der Waals surface area contributed by atoms with Crippen molar-refractivity contribution >= 4 is 22.8 Å². The van der Waals surface area contributed by atoms with Gasteiger partial charge in [-0.2, -0.15) is 0 Å². The van der Waals surface area contributed by atoms with Crippen molar-refractivity contribution in [1.29, 1.82) is 0 Å². The highest BCUT2D eigenvalue weighted by molar-refractivity contribution is 7.17. The number of hydrogen-bond acceptors (Lipinski definition) is 4. The minimum Gasteiger partial charge on any atom is -0.351 e. The number of aldehydes is 1. The fraction of sp³-hybridized carbons (Fsp3) is 0.667. The maximum Gasteiger partial charge on any atom is 0.185 e. The van der Waals surface area contributed by atoms with Crippen molar-refractivity contribution in [2.45, 2.75) is 32.6 Å². The number of carbonyl (C=O) groups excluding carboxylic acids is 1. The number of rotatable bonds is 5. The zero-order valence-corrected chi connectivity index (χ0v) is 10.9. The van der Waals surface area contributed by atoms with Crippen LogP contribution in [0.1, 0.15) is 48.0 Å². The molecule has 1 aromatic rings. The van der Waals surface area contributed by atoms with Crippen LogP contribution in [0, 0.1) is 5.92 Å². The van der Waals surface area contributed by atoms with Crippen LogP contribution in [0.15, 0.2) is 0 Å². The first-order valence-corrected chi connectivity index (χ1v) is 6.60. The Kier molecular flexibility index (Phi) is 3.28. The average molecular weight is 238 g/mol. The molecule has 0 unspecified atom stereocenters. The largest absolute Gasteiger partial charge is 0.351 e. The van der Waals surface area contributed by atoms with Gasteiger partial charge in [-0.25, -0.2) is 4.98 Å². The molecule has 0 aromatic carbocycles. The first-order chi connectivity index (χ1) is 7.61. The molecule has 2 rings (SSSR count). The van der Waals surface area contributed by atoms with E-state index < -0.39 is 0 Å². The van der Waals surface area contributed by atoms with Crippen molar-refractivity contribution in [1.82, 2.24) is 4.98 Å². The molecule has 0 aliphatic heterocycles. The molecule has 0 saturated heterocycles. The van der Waals surface area contributed by atoms with Gasteiger partial charge in [0.15, 0.2) is 11.4 Å². The number of carbonyl (C=O) groups is 1. The smallest absolute Gasteiger partial charge is 0.185 e. The molecular formula is C12H18N2OS. The molecule has 1 fully saturated rings. The summed E-state index contributed by atoms with van der Waals surface area (Å²) in [6, 6.07) is 0. The maximum atomic E-state index is 11.0. The lowest BCUT2D eigenvalue weighted by atomic mass is 10.1. The van der Waals surface area contributed by atoms with Gasteiger partial charge in [0.25, 0.3) is 0 Å². The van der Waals surface area contributed by atoms with Crippen LogP contribution >= 0.6 is 11.3 Å². The van der Waals surface area contributed by atoms with E-state index in [1.54, 1.807) is 0 Å². The highest BCUT2D eigenvalue weighted by Crippen LogP contribution is 2.33. The van der Waals surface area contributed by atoms with Crippen LogP contribution in [-0.4, -0.2) is 24.9 Å². The summed E-state index contributed by atoms with van der Waals surface area (Å²) in [6.07, 6.45) is 3.61. The summed E-state index contributed by atoms with van der Waals surface area (Å²) in [5.74, 6) is 1.16. The molecule has 0 amide bonds. The number of thiazole rings is 1. The van der Waals surface area contributed by atoms with Crippen molar-refractivity contribution in [2.24, 2.45) is 5.92 Å². The second kappa shape index (κ2) is 4.53. The second-order valence-electron chi connectivity index (χ2n) is 4.84. The second-order valence-corrected chi connectivity index (χ2v) is 5.85. The van der Waals surface area contributed by atoms with Gasteiger partial charge in [-0.1, -0.05) is 25.2 Å². The van der Waals surface area contributed by atoms with E-state index in [1.807, 2.05) is 0 Å². The van der Waals surface area contributed by atoms with Gasteiger partial charge in [-0.15, -0.1) is 0 Å². The molecule has 0 N–H and O–H groups in total. The van der Waals surface area contributed by atoms with E-state index in [-0.39, 0.29) is 0 Å². The van der Waals surface area contributed by atoms with Crippen molar-refractivity contribution in [3.63, 3.8) is 0 Å². The Hall–Kier alpha value is -0.900. The summed E-state index contributed by atoms with van der Waals surface area (Å²) in [5.41, 5.74) is 0.942. The molecule has 0 atom stereocenters. The third kappa shape index (κ3) is 2.43. The summed E-state index contributed by atoms with van der Waals surface area (Å²) in [6.45, 7) is 5.22. The van der Waals surface area contributed by atoms with Gasteiger partial charge in [-0.3, -0.25) is 4.79 Å². The van der Waals surface area contributed by atoms with Crippen LogP contribution in [0.4, 0.5) is 5.13 Å². The van der Waals surface area contributed by atoms with Crippen molar-refractivity contribution in [3.05, 3.63) is 10.6 Å². The Morgan fingerprint density at radius 1 is 1.56 bits per heavy atom. The molecular weight excluding hydrogens is 220 g/mol. The third-order valence-corrected chi connectivity index (χ3v) is 3.99. The van der Waals surface area contributed by atoms with Crippen molar-refractivity contribution in [3.8, 4) is 0 Å². The zero-order valence-electron chi connectivity index (χ0n) is 10.1. The van der Waals surface area contributed by atoms with Crippen LogP contribution in [0.3, 0.4) is 0 Å². The maximum absolute atomic E-state index is 11.0. The molecule has 88 valence electrons. The fourth-order valence-electron chi connectivity index (χ4n) is 1.76. The van der Waals surface area contributed by atoms with E-state index in [1.165, 1.54) is 24.2 Å². The molecule has 0 radical (unpaired) electrons. The Morgan fingerprint density at radius 2 is 2.25 bits per heavy atom. The molecule has 1 aliphatic rings. The summed E-state index contributed by atoms with van der Waals surface area (Å²) in [4.78, 5) is 18.5. The van der Waals surface area contributed by atoms with Crippen LogP contribution in [0.2, 0.25) is 0 Å². The molecule has 1 aromatic heterocycles. The highest BCUT2D eigenvalue weighted by atomic mass is 32.1. The summed E-state index contributed by atoms with van der Waals surface area (Å²) >= 11 is 1.51. The Labute approximate surface area is 100 Å². The summed E-state index contributed by atoms with van der Waals surface area (Å²) in [5, 5.41) is 0.984. The van der Waals surface area contributed by atoms with Gasteiger partial charge in [0.05, 0.1) is 10.6 Å². The third-order valence-electron chi connectivity index (χ3n) is 2.88. The van der Waals surface area contributed by atoms with Gasteiger partial charge >= 0.3 is 0 Å². The molecule has 1 saturated carbocycles. The van der Waals surface area contributed by atoms with Crippen molar-refractivity contribution < 1.29 is 4.79 Å². The molecule has 0 bridgehead atoms. The minimum atomic E-state index is 0.319. The molecule has 0 spiro atoms. The lowest BCUT2D eigenvalue weighted by Crippen LogP contribution is -2.19. The lowest BCUT2D eigenvalue weighted by Gasteiger charge is -2.14. The molecule has 1 aliphatic carbocycles. The van der Waals surface area contributed by atoms with Gasteiger partial charge in [0, 0.05) is 13.6 Å². The number of nitrogens with zero attached hydrogens (tertiary/aromatic N) is 2. The normalized spacial score (nSPS) is 15.5. The molecule has 1 heterocycles. The molecule has 4 heteroatoms.